The lowest BCUT2D eigenvalue weighted by Crippen LogP contribution is -2.48. The van der Waals surface area contributed by atoms with Gasteiger partial charge in [0, 0.05) is 32.2 Å². The Morgan fingerprint density at radius 1 is 1.20 bits per heavy atom. The number of amides is 1. The number of ether oxygens (including phenoxy) is 2. The minimum absolute atomic E-state index is 0.0455. The minimum Gasteiger partial charge on any atom is -0.492 e. The molecule has 136 valence electrons. The average Bonchev–Trinajstić information content (AvgIpc) is 3.12. The van der Waals surface area contributed by atoms with Gasteiger partial charge in [0.1, 0.15) is 12.4 Å². The van der Waals surface area contributed by atoms with Crippen LogP contribution in [0.3, 0.4) is 0 Å². The van der Waals surface area contributed by atoms with Crippen LogP contribution in [0.25, 0.3) is 0 Å². The summed E-state index contributed by atoms with van der Waals surface area (Å²) >= 11 is 0. The Kier molecular flexibility index (Phi) is 4.95. The van der Waals surface area contributed by atoms with E-state index in [2.05, 4.69) is 22.8 Å². The second kappa shape index (κ2) is 7.34. The molecule has 1 aromatic carbocycles. The maximum atomic E-state index is 13.1. The monoisotopic (exact) mass is 344 g/mol. The molecule has 3 atom stereocenters. The Hall–Kier alpha value is -1.59. The highest BCUT2D eigenvalue weighted by atomic mass is 16.5. The lowest BCUT2D eigenvalue weighted by molar-refractivity contribution is -0.136. The van der Waals surface area contributed by atoms with Crippen LogP contribution < -0.4 is 4.74 Å². The number of morpholine rings is 1. The van der Waals surface area contributed by atoms with Crippen LogP contribution in [0.2, 0.25) is 0 Å². The van der Waals surface area contributed by atoms with Gasteiger partial charge >= 0.3 is 0 Å². The molecule has 0 saturated carbocycles. The Labute approximate surface area is 149 Å². The third kappa shape index (κ3) is 3.40. The van der Waals surface area contributed by atoms with E-state index in [0.29, 0.717) is 18.6 Å². The van der Waals surface area contributed by atoms with Crippen LogP contribution >= 0.6 is 0 Å². The largest absolute Gasteiger partial charge is 0.492 e. The van der Waals surface area contributed by atoms with Crippen LogP contribution in [0.1, 0.15) is 18.9 Å². The summed E-state index contributed by atoms with van der Waals surface area (Å²) in [4.78, 5) is 17.7. The Morgan fingerprint density at radius 2 is 2.00 bits per heavy atom. The van der Waals surface area contributed by atoms with Gasteiger partial charge in [-0.15, -0.1) is 0 Å². The zero-order chi connectivity index (χ0) is 17.2. The predicted octanol–water partition coefficient (Wildman–Crippen LogP) is 1.81. The van der Waals surface area contributed by atoms with Crippen molar-refractivity contribution in [2.24, 2.45) is 11.8 Å². The molecule has 2 saturated heterocycles. The topological polar surface area (TPSA) is 42.0 Å². The van der Waals surface area contributed by atoms with Gasteiger partial charge in [-0.25, -0.2) is 0 Å². The number of carbonyl (C=O) groups is 1. The summed E-state index contributed by atoms with van der Waals surface area (Å²) < 4.78 is 11.3. The smallest absolute Gasteiger partial charge is 0.229 e. The molecule has 3 heterocycles. The Bertz CT molecular complexity index is 615. The van der Waals surface area contributed by atoms with Gasteiger partial charge in [0.2, 0.25) is 5.91 Å². The van der Waals surface area contributed by atoms with E-state index in [0.717, 1.165) is 63.5 Å². The van der Waals surface area contributed by atoms with Crippen molar-refractivity contribution in [2.45, 2.75) is 25.8 Å². The van der Waals surface area contributed by atoms with Gasteiger partial charge < -0.3 is 14.4 Å². The lowest BCUT2D eigenvalue weighted by atomic mass is 9.95. The fraction of sp³-hybridized carbons (Fsp3) is 0.650. The molecule has 5 heteroatoms. The van der Waals surface area contributed by atoms with Crippen LogP contribution in [0.15, 0.2) is 24.3 Å². The van der Waals surface area contributed by atoms with E-state index >= 15 is 0 Å². The number of benzene rings is 1. The molecule has 1 amide bonds. The second-order valence-electron chi connectivity index (χ2n) is 7.45. The molecule has 25 heavy (non-hydrogen) atoms. The number of carbonyl (C=O) groups excluding carboxylic acids is 1. The first-order valence-electron chi connectivity index (χ1n) is 9.57. The van der Waals surface area contributed by atoms with Crippen molar-refractivity contribution in [3.05, 3.63) is 29.8 Å². The van der Waals surface area contributed by atoms with Crippen molar-refractivity contribution in [3.8, 4) is 5.75 Å². The van der Waals surface area contributed by atoms with Gasteiger partial charge in [0.05, 0.1) is 19.1 Å². The number of nitrogens with zero attached hydrogens (tertiary/aromatic N) is 2. The highest BCUT2D eigenvalue weighted by Crippen LogP contribution is 2.31. The van der Waals surface area contributed by atoms with Crippen LogP contribution in [0, 0.1) is 11.8 Å². The molecule has 0 radical (unpaired) electrons. The zero-order valence-electron chi connectivity index (χ0n) is 15.0. The molecule has 4 rings (SSSR count). The fourth-order valence-electron chi connectivity index (χ4n) is 4.50. The number of fused-ring (bicyclic) bond motifs is 1. The van der Waals surface area contributed by atoms with Crippen LogP contribution in [-0.2, 0) is 16.0 Å². The molecule has 0 spiro atoms. The van der Waals surface area contributed by atoms with Crippen LogP contribution in [0.4, 0.5) is 0 Å². The molecular formula is C20H28N2O3. The molecule has 1 aromatic rings. The maximum Gasteiger partial charge on any atom is 0.229 e. The molecule has 3 aliphatic rings. The molecule has 0 N–H and O–H groups in total. The van der Waals surface area contributed by atoms with E-state index in [-0.39, 0.29) is 11.8 Å². The highest BCUT2D eigenvalue weighted by Gasteiger charge is 2.40. The standard InChI is InChI=1S/C20H28N2O3/c1-2-15-12-22(13-18(15)21-7-9-24-10-8-21)20(23)17-11-16-5-3-4-6-19(16)25-14-17/h3-6,15,17-18H,2,7-14H2,1H3/t15-,17+,18+/m1/s1. The first-order valence-corrected chi connectivity index (χ1v) is 9.57. The predicted molar refractivity (Wildman–Crippen MR) is 95.7 cm³/mol. The third-order valence-electron chi connectivity index (χ3n) is 5.99. The van der Waals surface area contributed by atoms with Gasteiger partial charge in [-0.2, -0.15) is 0 Å². The van der Waals surface area contributed by atoms with E-state index < -0.39 is 0 Å². The van der Waals surface area contributed by atoms with Crippen LogP contribution in [0.5, 0.6) is 5.75 Å². The van der Waals surface area contributed by atoms with Crippen molar-refractivity contribution in [1.29, 1.82) is 0 Å². The summed E-state index contributed by atoms with van der Waals surface area (Å²) in [6, 6.07) is 8.55. The Balaban J connectivity index is 1.42. The van der Waals surface area contributed by atoms with Crippen LogP contribution in [-0.4, -0.2) is 67.7 Å². The molecule has 2 fully saturated rings. The SMILES string of the molecule is CC[C@@H]1CN(C(=O)[C@@H]2COc3ccccc3C2)C[C@@H]1N1CCOCC1. The summed E-state index contributed by atoms with van der Waals surface area (Å²) in [5.74, 6) is 1.73. The first kappa shape index (κ1) is 16.9. The first-order chi connectivity index (χ1) is 12.3. The molecule has 0 aliphatic carbocycles. The zero-order valence-corrected chi connectivity index (χ0v) is 15.0. The minimum atomic E-state index is -0.0455. The number of hydrogen-bond acceptors (Lipinski definition) is 4. The van der Waals surface area contributed by atoms with Crippen molar-refractivity contribution in [3.63, 3.8) is 0 Å². The second-order valence-corrected chi connectivity index (χ2v) is 7.45. The molecular weight excluding hydrogens is 316 g/mol. The van der Waals surface area contributed by atoms with E-state index in [1.165, 1.54) is 0 Å². The van der Waals surface area contributed by atoms with Gasteiger partial charge in [0.15, 0.2) is 0 Å². The van der Waals surface area contributed by atoms with Gasteiger partial charge in [-0.1, -0.05) is 31.5 Å². The van der Waals surface area contributed by atoms with E-state index in [1.54, 1.807) is 0 Å². The summed E-state index contributed by atoms with van der Waals surface area (Å²) in [5, 5.41) is 0. The summed E-state index contributed by atoms with van der Waals surface area (Å²) in [6.07, 6.45) is 1.92. The van der Waals surface area contributed by atoms with E-state index in [9.17, 15) is 4.79 Å². The average molecular weight is 344 g/mol. The van der Waals surface area contributed by atoms with Crippen molar-refractivity contribution >= 4 is 5.91 Å². The quantitative estimate of drug-likeness (QED) is 0.839. The fourth-order valence-corrected chi connectivity index (χ4v) is 4.50. The number of rotatable bonds is 3. The molecule has 0 unspecified atom stereocenters. The molecule has 3 aliphatic heterocycles. The third-order valence-corrected chi connectivity index (χ3v) is 5.99. The number of para-hydroxylation sites is 1. The summed E-state index contributed by atoms with van der Waals surface area (Å²) in [5.41, 5.74) is 1.16. The van der Waals surface area contributed by atoms with Crippen molar-refractivity contribution < 1.29 is 14.3 Å². The summed E-state index contributed by atoms with van der Waals surface area (Å²) in [6.45, 7) is 8.09. The highest BCUT2D eigenvalue weighted by molar-refractivity contribution is 5.80. The van der Waals surface area contributed by atoms with Gasteiger partial charge in [-0.3, -0.25) is 9.69 Å². The summed E-state index contributed by atoms with van der Waals surface area (Å²) in [7, 11) is 0. The van der Waals surface area contributed by atoms with E-state index in [1.807, 2.05) is 18.2 Å². The maximum absolute atomic E-state index is 13.1. The Morgan fingerprint density at radius 3 is 2.80 bits per heavy atom. The van der Waals surface area contributed by atoms with E-state index in [4.69, 9.17) is 9.47 Å². The molecule has 5 nitrogen and oxygen atoms in total. The number of hydrogen-bond donors (Lipinski definition) is 0. The number of likely N-dealkylation sites (tertiary alicyclic amines) is 1. The van der Waals surface area contributed by atoms with Gasteiger partial charge in [0.25, 0.3) is 0 Å². The van der Waals surface area contributed by atoms with Crippen molar-refractivity contribution in [2.75, 3.05) is 46.0 Å². The molecule has 0 aromatic heterocycles. The lowest BCUT2D eigenvalue weighted by Gasteiger charge is -2.34. The normalized spacial score (nSPS) is 30.0. The van der Waals surface area contributed by atoms with Gasteiger partial charge in [-0.05, 0) is 24.0 Å². The van der Waals surface area contributed by atoms with Crippen molar-refractivity contribution in [1.82, 2.24) is 9.80 Å². The molecule has 0 bridgehead atoms.